The molecule has 0 saturated carbocycles. The quantitative estimate of drug-likeness (QED) is 0.647. The van der Waals surface area contributed by atoms with E-state index in [-0.39, 0.29) is 18.5 Å². The average molecular weight is 248 g/mol. The lowest BCUT2D eigenvalue weighted by atomic mass is 10.1. The van der Waals surface area contributed by atoms with E-state index in [1.165, 1.54) is 6.21 Å². The van der Waals surface area contributed by atoms with Gasteiger partial charge >= 0.3 is 5.97 Å². The number of rotatable bonds is 3. The monoisotopic (exact) mass is 248 g/mol. The highest BCUT2D eigenvalue weighted by Gasteiger charge is 2.21. The zero-order chi connectivity index (χ0) is 12.1. The highest BCUT2D eigenvalue weighted by atomic mass is 32.1. The number of nitrogens with one attached hydrogen (secondary N) is 1. The SMILES string of the molecule is O=C(OCc1ccccc1)C1C=NC(=S)NC1. The summed E-state index contributed by atoms with van der Waals surface area (Å²) >= 11 is 4.83. The topological polar surface area (TPSA) is 50.7 Å². The second-order valence-electron chi connectivity index (χ2n) is 3.66. The van der Waals surface area contributed by atoms with E-state index < -0.39 is 0 Å². The first-order valence-corrected chi connectivity index (χ1v) is 5.69. The van der Waals surface area contributed by atoms with Gasteiger partial charge in [0.1, 0.15) is 12.5 Å². The van der Waals surface area contributed by atoms with Crippen LogP contribution in [-0.2, 0) is 16.1 Å². The van der Waals surface area contributed by atoms with Gasteiger partial charge in [0.05, 0.1) is 0 Å². The molecule has 0 aromatic heterocycles. The van der Waals surface area contributed by atoms with Crippen molar-refractivity contribution >= 4 is 29.5 Å². The lowest BCUT2D eigenvalue weighted by Crippen LogP contribution is -2.37. The molecule has 2 rings (SSSR count). The highest BCUT2D eigenvalue weighted by Crippen LogP contribution is 2.05. The van der Waals surface area contributed by atoms with Crippen molar-refractivity contribution in [3.63, 3.8) is 0 Å². The second kappa shape index (κ2) is 5.54. The number of carbonyl (C=O) groups is 1. The third-order valence-corrected chi connectivity index (χ3v) is 2.62. The van der Waals surface area contributed by atoms with Crippen LogP contribution in [0.4, 0.5) is 0 Å². The molecule has 0 fully saturated rings. The first-order chi connectivity index (χ1) is 8.25. The van der Waals surface area contributed by atoms with Crippen molar-refractivity contribution in [3.05, 3.63) is 35.9 Å². The molecule has 0 aliphatic carbocycles. The Hall–Kier alpha value is -1.75. The lowest BCUT2D eigenvalue weighted by Gasteiger charge is -2.16. The van der Waals surface area contributed by atoms with Crippen molar-refractivity contribution in [2.75, 3.05) is 6.54 Å². The fourth-order valence-electron chi connectivity index (χ4n) is 1.43. The zero-order valence-electron chi connectivity index (χ0n) is 9.13. The minimum absolute atomic E-state index is 0.285. The summed E-state index contributed by atoms with van der Waals surface area (Å²) in [5, 5.41) is 3.26. The third kappa shape index (κ3) is 3.35. The zero-order valence-corrected chi connectivity index (χ0v) is 9.94. The lowest BCUT2D eigenvalue weighted by molar-refractivity contribution is -0.147. The van der Waals surface area contributed by atoms with Gasteiger partial charge in [0.15, 0.2) is 5.11 Å². The van der Waals surface area contributed by atoms with Crippen molar-refractivity contribution in [2.24, 2.45) is 10.9 Å². The number of ether oxygens (including phenoxy) is 1. The second-order valence-corrected chi connectivity index (χ2v) is 4.05. The van der Waals surface area contributed by atoms with Gasteiger partial charge in [-0.05, 0) is 17.8 Å². The molecular formula is C12H12N2O2S. The van der Waals surface area contributed by atoms with Gasteiger partial charge < -0.3 is 10.1 Å². The number of hydrogen-bond acceptors (Lipinski definition) is 3. The molecule has 17 heavy (non-hydrogen) atoms. The molecule has 88 valence electrons. The van der Waals surface area contributed by atoms with Crippen LogP contribution < -0.4 is 5.32 Å². The Morgan fingerprint density at radius 1 is 1.47 bits per heavy atom. The van der Waals surface area contributed by atoms with Crippen molar-refractivity contribution in [1.82, 2.24) is 5.32 Å². The van der Waals surface area contributed by atoms with Gasteiger partial charge in [0, 0.05) is 12.8 Å². The molecule has 1 N–H and O–H groups in total. The largest absolute Gasteiger partial charge is 0.460 e. The molecule has 0 spiro atoms. The van der Waals surface area contributed by atoms with E-state index in [1.807, 2.05) is 30.3 Å². The fraction of sp³-hybridized carbons (Fsp3) is 0.250. The molecule has 1 heterocycles. The molecule has 1 aliphatic heterocycles. The summed E-state index contributed by atoms with van der Waals surface area (Å²) in [5.41, 5.74) is 0.970. The van der Waals surface area contributed by atoms with Gasteiger partial charge in [-0.3, -0.25) is 4.79 Å². The Balaban J connectivity index is 1.86. The van der Waals surface area contributed by atoms with Crippen molar-refractivity contribution in [3.8, 4) is 0 Å². The molecule has 0 saturated heterocycles. The fourth-order valence-corrected chi connectivity index (χ4v) is 1.58. The predicted molar refractivity (Wildman–Crippen MR) is 68.8 cm³/mol. The molecule has 1 aliphatic rings. The number of esters is 1. The summed E-state index contributed by atoms with van der Waals surface area (Å²) < 4.78 is 5.19. The summed E-state index contributed by atoms with van der Waals surface area (Å²) in [6.07, 6.45) is 1.53. The first kappa shape index (κ1) is 11.7. The minimum atomic E-state index is -0.356. The highest BCUT2D eigenvalue weighted by molar-refractivity contribution is 7.80. The van der Waals surface area contributed by atoms with Crippen LogP contribution in [0, 0.1) is 5.92 Å². The van der Waals surface area contributed by atoms with E-state index in [0.717, 1.165) is 5.56 Å². The molecule has 1 aromatic rings. The Labute approximate surface area is 105 Å². The number of nitrogens with zero attached hydrogens (tertiary/aromatic N) is 1. The summed E-state index contributed by atoms with van der Waals surface area (Å²) in [7, 11) is 0. The number of carbonyl (C=O) groups excluding carboxylic acids is 1. The number of thiocarbonyl (C=S) groups is 1. The van der Waals surface area contributed by atoms with Crippen molar-refractivity contribution in [1.29, 1.82) is 0 Å². The standard InChI is InChI=1S/C12H12N2O2S/c15-11(10-6-13-12(17)14-7-10)16-8-9-4-2-1-3-5-9/h1-6,10H,7-8H2,(H,14,17). The van der Waals surface area contributed by atoms with E-state index in [4.69, 9.17) is 17.0 Å². The minimum Gasteiger partial charge on any atom is -0.460 e. The Bertz CT molecular complexity index is 445. The summed E-state index contributed by atoms with van der Waals surface area (Å²) in [4.78, 5) is 15.6. The van der Waals surface area contributed by atoms with E-state index in [1.54, 1.807) is 0 Å². The Morgan fingerprint density at radius 2 is 2.24 bits per heavy atom. The van der Waals surface area contributed by atoms with Gasteiger partial charge in [0.2, 0.25) is 0 Å². The maximum atomic E-state index is 11.7. The Kier molecular flexibility index (Phi) is 3.82. The van der Waals surface area contributed by atoms with Crippen LogP contribution in [0.5, 0.6) is 0 Å². The van der Waals surface area contributed by atoms with Crippen LogP contribution in [0.1, 0.15) is 5.56 Å². The summed E-state index contributed by atoms with van der Waals surface area (Å²) in [6.45, 7) is 0.740. The first-order valence-electron chi connectivity index (χ1n) is 5.28. The van der Waals surface area contributed by atoms with E-state index in [0.29, 0.717) is 11.7 Å². The molecule has 5 heteroatoms. The molecule has 1 unspecified atom stereocenters. The molecule has 1 aromatic carbocycles. The summed E-state index contributed by atoms with van der Waals surface area (Å²) in [6, 6.07) is 9.56. The molecule has 4 nitrogen and oxygen atoms in total. The smallest absolute Gasteiger partial charge is 0.316 e. The molecular weight excluding hydrogens is 236 g/mol. The van der Waals surface area contributed by atoms with Gasteiger partial charge in [-0.2, -0.15) is 0 Å². The van der Waals surface area contributed by atoms with Gasteiger partial charge in [-0.1, -0.05) is 30.3 Å². The number of aliphatic imine (C=N–C) groups is 1. The Morgan fingerprint density at radius 3 is 2.88 bits per heavy atom. The van der Waals surface area contributed by atoms with Crippen molar-refractivity contribution in [2.45, 2.75) is 6.61 Å². The number of benzene rings is 1. The normalized spacial score (nSPS) is 18.6. The van der Waals surface area contributed by atoms with Crippen LogP contribution in [0.2, 0.25) is 0 Å². The average Bonchev–Trinajstić information content (AvgIpc) is 2.38. The van der Waals surface area contributed by atoms with E-state index >= 15 is 0 Å². The van der Waals surface area contributed by atoms with Gasteiger partial charge in [-0.25, -0.2) is 4.99 Å². The van der Waals surface area contributed by atoms with Crippen LogP contribution in [0.15, 0.2) is 35.3 Å². The van der Waals surface area contributed by atoms with Gasteiger partial charge in [0.25, 0.3) is 0 Å². The van der Waals surface area contributed by atoms with E-state index in [2.05, 4.69) is 10.3 Å². The molecule has 1 atom stereocenters. The maximum absolute atomic E-state index is 11.7. The van der Waals surface area contributed by atoms with Crippen LogP contribution >= 0.6 is 12.2 Å². The maximum Gasteiger partial charge on any atom is 0.316 e. The number of hydrogen-bond donors (Lipinski definition) is 1. The predicted octanol–water partition coefficient (Wildman–Crippen LogP) is 1.30. The third-order valence-electron chi connectivity index (χ3n) is 2.37. The summed E-state index contributed by atoms with van der Waals surface area (Å²) in [5.74, 6) is -0.641. The molecule has 0 amide bonds. The molecule has 0 radical (unpaired) electrons. The van der Waals surface area contributed by atoms with Gasteiger partial charge in [-0.15, -0.1) is 0 Å². The van der Waals surface area contributed by atoms with Crippen LogP contribution in [-0.4, -0.2) is 23.8 Å². The van der Waals surface area contributed by atoms with Crippen LogP contribution in [0.25, 0.3) is 0 Å². The van der Waals surface area contributed by atoms with E-state index in [9.17, 15) is 4.79 Å². The van der Waals surface area contributed by atoms with Crippen LogP contribution in [0.3, 0.4) is 0 Å². The molecule has 0 bridgehead atoms. The van der Waals surface area contributed by atoms with Crippen molar-refractivity contribution < 1.29 is 9.53 Å².